The van der Waals surface area contributed by atoms with Gasteiger partial charge in [0, 0.05) is 5.75 Å². The topological polar surface area (TPSA) is 38.3 Å². The standard InChI is InChI=1S/C16H25NO2S/c1-5-19-15(18)16(17-4,12-20-11-13(2)3)14-9-7-6-8-10-14/h6-10,13,17H,5,11-12H2,1-4H3. The van der Waals surface area contributed by atoms with Crippen molar-refractivity contribution < 1.29 is 9.53 Å². The molecule has 0 radical (unpaired) electrons. The number of esters is 1. The second kappa shape index (κ2) is 8.32. The zero-order valence-electron chi connectivity index (χ0n) is 12.8. The molecule has 1 aromatic carbocycles. The Kier molecular flexibility index (Phi) is 7.10. The van der Waals surface area contributed by atoms with Crippen LogP contribution in [-0.2, 0) is 15.1 Å². The maximum absolute atomic E-state index is 12.5. The van der Waals surface area contributed by atoms with Gasteiger partial charge >= 0.3 is 5.97 Å². The van der Waals surface area contributed by atoms with Gasteiger partial charge in [0.05, 0.1) is 6.61 Å². The average Bonchev–Trinajstić information content (AvgIpc) is 2.44. The SMILES string of the molecule is CCOC(=O)C(CSCC(C)C)(NC)c1ccccc1. The Morgan fingerprint density at radius 3 is 2.50 bits per heavy atom. The Bertz CT molecular complexity index is 408. The monoisotopic (exact) mass is 295 g/mol. The molecule has 0 saturated carbocycles. The first-order valence-corrected chi connectivity index (χ1v) is 8.21. The van der Waals surface area contributed by atoms with E-state index in [4.69, 9.17) is 4.74 Å². The summed E-state index contributed by atoms with van der Waals surface area (Å²) in [6.07, 6.45) is 0. The van der Waals surface area contributed by atoms with Gasteiger partial charge in [0.1, 0.15) is 0 Å². The lowest BCUT2D eigenvalue weighted by Crippen LogP contribution is -2.50. The highest BCUT2D eigenvalue weighted by Gasteiger charge is 2.40. The molecule has 112 valence electrons. The summed E-state index contributed by atoms with van der Waals surface area (Å²) in [5, 5.41) is 3.19. The van der Waals surface area contributed by atoms with Crippen molar-refractivity contribution in [1.29, 1.82) is 0 Å². The summed E-state index contributed by atoms with van der Waals surface area (Å²) in [4.78, 5) is 12.5. The summed E-state index contributed by atoms with van der Waals surface area (Å²) in [6, 6.07) is 9.81. The molecule has 0 bridgehead atoms. The van der Waals surface area contributed by atoms with Crippen LogP contribution in [0.15, 0.2) is 30.3 Å². The van der Waals surface area contributed by atoms with Gasteiger partial charge in [-0.1, -0.05) is 44.2 Å². The Labute approximate surface area is 126 Å². The van der Waals surface area contributed by atoms with Gasteiger partial charge in [-0.25, -0.2) is 4.79 Å². The number of carbonyl (C=O) groups excluding carboxylic acids is 1. The molecule has 1 rings (SSSR count). The smallest absolute Gasteiger partial charge is 0.331 e. The summed E-state index contributed by atoms with van der Waals surface area (Å²) >= 11 is 1.78. The highest BCUT2D eigenvalue weighted by Crippen LogP contribution is 2.28. The van der Waals surface area contributed by atoms with E-state index in [9.17, 15) is 4.79 Å². The van der Waals surface area contributed by atoms with Crippen molar-refractivity contribution in [2.75, 3.05) is 25.2 Å². The van der Waals surface area contributed by atoms with Crippen LogP contribution < -0.4 is 5.32 Å². The molecular formula is C16H25NO2S. The van der Waals surface area contributed by atoms with Crippen molar-refractivity contribution in [1.82, 2.24) is 5.32 Å². The van der Waals surface area contributed by atoms with Crippen molar-refractivity contribution in [2.24, 2.45) is 5.92 Å². The number of nitrogens with one attached hydrogen (secondary N) is 1. The minimum absolute atomic E-state index is 0.204. The first kappa shape index (κ1) is 17.1. The van der Waals surface area contributed by atoms with Crippen LogP contribution in [0.4, 0.5) is 0 Å². The number of likely N-dealkylation sites (N-methyl/N-ethyl adjacent to an activating group) is 1. The van der Waals surface area contributed by atoms with Crippen molar-refractivity contribution in [3.63, 3.8) is 0 Å². The largest absolute Gasteiger partial charge is 0.464 e. The minimum atomic E-state index is -0.767. The normalized spacial score (nSPS) is 14.1. The molecule has 0 amide bonds. The van der Waals surface area contributed by atoms with E-state index in [1.807, 2.05) is 44.3 Å². The van der Waals surface area contributed by atoms with E-state index in [0.29, 0.717) is 18.3 Å². The van der Waals surface area contributed by atoms with Gasteiger partial charge in [0.25, 0.3) is 0 Å². The molecule has 0 saturated heterocycles. The number of hydrogen-bond acceptors (Lipinski definition) is 4. The van der Waals surface area contributed by atoms with Crippen LogP contribution in [0.3, 0.4) is 0 Å². The molecule has 1 aromatic rings. The van der Waals surface area contributed by atoms with E-state index >= 15 is 0 Å². The van der Waals surface area contributed by atoms with E-state index < -0.39 is 5.54 Å². The number of carbonyl (C=O) groups is 1. The van der Waals surface area contributed by atoms with Gasteiger partial charge < -0.3 is 10.1 Å². The van der Waals surface area contributed by atoms with Gasteiger partial charge in [-0.2, -0.15) is 11.8 Å². The number of rotatable bonds is 8. The first-order chi connectivity index (χ1) is 9.56. The molecule has 0 aromatic heterocycles. The lowest BCUT2D eigenvalue weighted by molar-refractivity contribution is -0.150. The number of ether oxygens (including phenoxy) is 1. The summed E-state index contributed by atoms with van der Waals surface area (Å²) in [5.41, 5.74) is 0.189. The molecule has 1 N–H and O–H groups in total. The maximum atomic E-state index is 12.5. The van der Waals surface area contributed by atoms with Gasteiger partial charge in [0.2, 0.25) is 0 Å². The van der Waals surface area contributed by atoms with Gasteiger partial charge in [-0.15, -0.1) is 0 Å². The first-order valence-electron chi connectivity index (χ1n) is 7.06. The zero-order chi connectivity index (χ0) is 15.0. The Hall–Kier alpha value is -1.00. The second-order valence-electron chi connectivity index (χ2n) is 5.15. The predicted molar refractivity (Wildman–Crippen MR) is 86.0 cm³/mol. The molecule has 3 nitrogen and oxygen atoms in total. The summed E-state index contributed by atoms with van der Waals surface area (Å²) in [7, 11) is 1.82. The molecule has 1 unspecified atom stereocenters. The van der Waals surface area contributed by atoms with E-state index in [1.165, 1.54) is 0 Å². The van der Waals surface area contributed by atoms with Crippen molar-refractivity contribution in [3.8, 4) is 0 Å². The fourth-order valence-corrected chi connectivity index (χ4v) is 3.33. The quantitative estimate of drug-likeness (QED) is 0.748. The van der Waals surface area contributed by atoms with Crippen molar-refractivity contribution in [2.45, 2.75) is 26.3 Å². The molecule has 20 heavy (non-hydrogen) atoms. The molecule has 0 aliphatic heterocycles. The fourth-order valence-electron chi connectivity index (χ4n) is 2.00. The van der Waals surface area contributed by atoms with Gasteiger partial charge in [0.15, 0.2) is 5.54 Å². The van der Waals surface area contributed by atoms with E-state index in [2.05, 4.69) is 19.2 Å². The minimum Gasteiger partial charge on any atom is -0.464 e. The lowest BCUT2D eigenvalue weighted by atomic mass is 9.92. The van der Waals surface area contributed by atoms with E-state index in [0.717, 1.165) is 11.3 Å². The third-order valence-corrected chi connectivity index (χ3v) is 4.63. The van der Waals surface area contributed by atoms with Crippen molar-refractivity contribution in [3.05, 3.63) is 35.9 Å². The summed E-state index contributed by atoms with van der Waals surface area (Å²) in [5.74, 6) is 2.10. The van der Waals surface area contributed by atoms with Crippen LogP contribution in [0.1, 0.15) is 26.3 Å². The predicted octanol–water partition coefficient (Wildman–Crippen LogP) is 3.05. The van der Waals surface area contributed by atoms with Crippen LogP contribution in [0.2, 0.25) is 0 Å². The van der Waals surface area contributed by atoms with Crippen LogP contribution in [0.25, 0.3) is 0 Å². The van der Waals surface area contributed by atoms with Crippen LogP contribution in [-0.4, -0.2) is 31.1 Å². The van der Waals surface area contributed by atoms with Crippen LogP contribution in [0.5, 0.6) is 0 Å². The molecule has 0 aliphatic carbocycles. The zero-order valence-corrected chi connectivity index (χ0v) is 13.6. The Balaban J connectivity index is 3.00. The molecule has 0 spiro atoms. The van der Waals surface area contributed by atoms with E-state index in [-0.39, 0.29) is 5.97 Å². The second-order valence-corrected chi connectivity index (χ2v) is 6.18. The lowest BCUT2D eigenvalue weighted by Gasteiger charge is -2.31. The van der Waals surface area contributed by atoms with E-state index in [1.54, 1.807) is 11.8 Å². The number of hydrogen-bond donors (Lipinski definition) is 1. The Morgan fingerprint density at radius 1 is 1.35 bits per heavy atom. The van der Waals surface area contributed by atoms with Crippen LogP contribution >= 0.6 is 11.8 Å². The number of thioether (sulfide) groups is 1. The molecule has 0 heterocycles. The fraction of sp³-hybridized carbons (Fsp3) is 0.562. The van der Waals surface area contributed by atoms with Gasteiger partial charge in [-0.05, 0) is 31.2 Å². The third kappa shape index (κ3) is 4.25. The third-order valence-electron chi connectivity index (χ3n) is 3.09. The molecule has 4 heteroatoms. The highest BCUT2D eigenvalue weighted by molar-refractivity contribution is 7.99. The average molecular weight is 295 g/mol. The maximum Gasteiger partial charge on any atom is 0.331 e. The summed E-state index contributed by atoms with van der Waals surface area (Å²) in [6.45, 7) is 6.59. The summed E-state index contributed by atoms with van der Waals surface area (Å²) < 4.78 is 5.30. The van der Waals surface area contributed by atoms with Crippen LogP contribution in [0, 0.1) is 5.92 Å². The Morgan fingerprint density at radius 2 is 2.00 bits per heavy atom. The molecule has 0 aliphatic rings. The molecule has 0 fully saturated rings. The van der Waals surface area contributed by atoms with Gasteiger partial charge in [-0.3, -0.25) is 0 Å². The highest BCUT2D eigenvalue weighted by atomic mass is 32.2. The molecular weight excluding hydrogens is 270 g/mol. The number of benzene rings is 1. The van der Waals surface area contributed by atoms with Crippen molar-refractivity contribution >= 4 is 17.7 Å². The molecule has 1 atom stereocenters.